The van der Waals surface area contributed by atoms with Gasteiger partial charge in [0.2, 0.25) is 11.8 Å². The van der Waals surface area contributed by atoms with Gasteiger partial charge in [0.25, 0.3) is 0 Å². The first kappa shape index (κ1) is 20.9. The van der Waals surface area contributed by atoms with Crippen LogP contribution in [0.25, 0.3) is 0 Å². The number of nitrogens with zero attached hydrogens (tertiary/aromatic N) is 1. The third-order valence-electron chi connectivity index (χ3n) is 4.10. The molecule has 1 unspecified atom stereocenters. The zero-order valence-electron chi connectivity index (χ0n) is 15.2. The monoisotopic (exact) mass is 355 g/mol. The molecule has 1 fully saturated rings. The van der Waals surface area contributed by atoms with Crippen LogP contribution in [0.1, 0.15) is 66.2 Å². The van der Waals surface area contributed by atoms with Crippen LogP contribution in [0.15, 0.2) is 0 Å². The predicted octanol–water partition coefficient (Wildman–Crippen LogP) is 3.00. The van der Waals surface area contributed by atoms with Crippen LogP contribution in [-0.2, 0) is 19.2 Å². The minimum atomic E-state index is -0.359. The van der Waals surface area contributed by atoms with Crippen molar-refractivity contribution < 1.29 is 19.2 Å². The lowest BCUT2D eigenvalue weighted by atomic mass is 9.89. The molecule has 24 heavy (non-hydrogen) atoms. The highest BCUT2D eigenvalue weighted by atomic mass is 32.2. The molecule has 1 atom stereocenters. The molecule has 1 aliphatic heterocycles. The summed E-state index contributed by atoms with van der Waals surface area (Å²) in [5.74, 6) is 0.677. The van der Waals surface area contributed by atoms with Crippen LogP contribution in [0, 0.1) is 5.41 Å². The summed E-state index contributed by atoms with van der Waals surface area (Å²) in [5, 5.41) is -0.345. The van der Waals surface area contributed by atoms with E-state index in [1.54, 1.807) is 6.92 Å². The van der Waals surface area contributed by atoms with E-state index in [-0.39, 0.29) is 40.5 Å². The number of hydrogen-bond acceptors (Lipinski definition) is 5. The first-order chi connectivity index (χ1) is 11.1. The standard InChI is InChI=1S/C18H29NO4S/c1-13(20)8-6-5-7-10-19-16(22)12-14(17(19)23)24-11-9-15(21)18(2,3)4/h14H,5-12H2,1-4H3. The van der Waals surface area contributed by atoms with Gasteiger partial charge in [0.15, 0.2) is 0 Å². The number of carbonyl (C=O) groups is 4. The van der Waals surface area contributed by atoms with Gasteiger partial charge >= 0.3 is 0 Å². The molecule has 0 aliphatic carbocycles. The van der Waals surface area contributed by atoms with Crippen molar-refractivity contribution in [2.45, 2.75) is 71.5 Å². The molecule has 1 heterocycles. The van der Waals surface area contributed by atoms with Crippen LogP contribution in [0.3, 0.4) is 0 Å². The topological polar surface area (TPSA) is 71.5 Å². The Morgan fingerprint density at radius 3 is 2.38 bits per heavy atom. The van der Waals surface area contributed by atoms with E-state index in [9.17, 15) is 19.2 Å². The largest absolute Gasteiger partial charge is 0.300 e. The lowest BCUT2D eigenvalue weighted by Crippen LogP contribution is -2.32. The molecule has 0 saturated carbocycles. The van der Waals surface area contributed by atoms with Crippen LogP contribution < -0.4 is 0 Å². The normalized spacial score (nSPS) is 18.3. The minimum Gasteiger partial charge on any atom is -0.300 e. The molecule has 0 radical (unpaired) electrons. The molecule has 0 N–H and O–H groups in total. The number of Topliss-reactive ketones (excluding diaryl/α,β-unsaturated/α-hetero) is 2. The zero-order chi connectivity index (χ0) is 18.3. The number of carbonyl (C=O) groups excluding carboxylic acids is 4. The summed E-state index contributed by atoms with van der Waals surface area (Å²) < 4.78 is 0. The summed E-state index contributed by atoms with van der Waals surface area (Å²) >= 11 is 1.41. The molecule has 1 aliphatic rings. The SMILES string of the molecule is CC(=O)CCCCCN1C(=O)CC(SCCC(=O)C(C)(C)C)C1=O. The van der Waals surface area contributed by atoms with Gasteiger partial charge in [-0.15, -0.1) is 11.8 Å². The van der Waals surface area contributed by atoms with Crippen molar-refractivity contribution in [3.8, 4) is 0 Å². The fraction of sp³-hybridized carbons (Fsp3) is 0.778. The third kappa shape index (κ3) is 6.75. The lowest BCUT2D eigenvalue weighted by molar-refractivity contribution is -0.138. The summed E-state index contributed by atoms with van der Waals surface area (Å²) in [6, 6.07) is 0. The maximum atomic E-state index is 12.3. The molecule has 0 bridgehead atoms. The molecular weight excluding hydrogens is 326 g/mol. The molecule has 136 valence electrons. The molecule has 5 nitrogen and oxygen atoms in total. The van der Waals surface area contributed by atoms with Crippen LogP contribution in [0.2, 0.25) is 0 Å². The zero-order valence-corrected chi connectivity index (χ0v) is 16.0. The van der Waals surface area contributed by atoms with E-state index in [4.69, 9.17) is 0 Å². The van der Waals surface area contributed by atoms with Crippen molar-refractivity contribution in [3.05, 3.63) is 0 Å². The smallest absolute Gasteiger partial charge is 0.242 e. The Bertz CT molecular complexity index is 496. The molecule has 2 amide bonds. The number of hydrogen-bond donors (Lipinski definition) is 0. The Balaban J connectivity index is 2.33. The highest BCUT2D eigenvalue weighted by Crippen LogP contribution is 2.27. The average molecular weight is 356 g/mol. The number of unbranched alkanes of at least 4 members (excludes halogenated alkanes) is 2. The molecule has 0 spiro atoms. The highest BCUT2D eigenvalue weighted by Gasteiger charge is 2.38. The van der Waals surface area contributed by atoms with Gasteiger partial charge in [-0.25, -0.2) is 0 Å². The molecule has 1 saturated heterocycles. The van der Waals surface area contributed by atoms with Crippen LogP contribution >= 0.6 is 11.8 Å². The number of likely N-dealkylation sites (tertiary alicyclic amines) is 1. The maximum absolute atomic E-state index is 12.3. The van der Waals surface area contributed by atoms with Crippen molar-refractivity contribution in [1.29, 1.82) is 0 Å². The van der Waals surface area contributed by atoms with Gasteiger partial charge in [-0.2, -0.15) is 0 Å². The summed E-state index contributed by atoms with van der Waals surface area (Å²) in [6.07, 6.45) is 3.61. The summed E-state index contributed by atoms with van der Waals surface area (Å²) in [7, 11) is 0. The van der Waals surface area contributed by atoms with Crippen molar-refractivity contribution in [1.82, 2.24) is 4.90 Å². The predicted molar refractivity (Wildman–Crippen MR) is 95.8 cm³/mol. The number of rotatable bonds is 10. The molecule has 0 aromatic rings. The van der Waals surface area contributed by atoms with Crippen molar-refractivity contribution in [3.63, 3.8) is 0 Å². The Morgan fingerprint density at radius 2 is 1.79 bits per heavy atom. The van der Waals surface area contributed by atoms with Gasteiger partial charge < -0.3 is 4.79 Å². The molecule has 6 heteroatoms. The quantitative estimate of drug-likeness (QED) is 0.445. The van der Waals surface area contributed by atoms with Crippen molar-refractivity contribution >= 4 is 35.1 Å². The van der Waals surface area contributed by atoms with Gasteiger partial charge in [0.05, 0.1) is 5.25 Å². The van der Waals surface area contributed by atoms with Gasteiger partial charge in [-0.1, -0.05) is 27.2 Å². The Labute approximate surface area is 148 Å². The molecule has 0 aromatic heterocycles. The number of amides is 2. The van der Waals surface area contributed by atoms with E-state index < -0.39 is 0 Å². The van der Waals surface area contributed by atoms with Crippen LogP contribution in [-0.4, -0.2) is 45.8 Å². The Kier molecular flexibility index (Phi) is 8.13. The maximum Gasteiger partial charge on any atom is 0.242 e. The number of imide groups is 1. The molecule has 1 rings (SSSR count). The minimum absolute atomic E-state index is 0.119. The van der Waals surface area contributed by atoms with Gasteiger partial charge in [0.1, 0.15) is 11.6 Å². The third-order valence-corrected chi connectivity index (χ3v) is 5.31. The summed E-state index contributed by atoms with van der Waals surface area (Å²) in [6.45, 7) is 7.67. The fourth-order valence-electron chi connectivity index (χ4n) is 2.51. The van der Waals surface area contributed by atoms with Crippen molar-refractivity contribution in [2.24, 2.45) is 5.41 Å². The van der Waals surface area contributed by atoms with Crippen molar-refractivity contribution in [2.75, 3.05) is 12.3 Å². The second-order valence-corrected chi connectivity index (χ2v) is 8.69. The first-order valence-corrected chi connectivity index (χ1v) is 9.66. The van der Waals surface area contributed by atoms with Crippen LogP contribution in [0.5, 0.6) is 0 Å². The summed E-state index contributed by atoms with van der Waals surface area (Å²) in [4.78, 5) is 48.4. The van der Waals surface area contributed by atoms with Gasteiger partial charge in [-0.05, 0) is 19.8 Å². The number of thioether (sulfide) groups is 1. The second-order valence-electron chi connectivity index (χ2n) is 7.38. The van der Waals surface area contributed by atoms with Crippen LogP contribution in [0.4, 0.5) is 0 Å². The van der Waals surface area contributed by atoms with E-state index in [0.717, 1.165) is 19.3 Å². The molecular formula is C18H29NO4S. The van der Waals surface area contributed by atoms with E-state index in [1.165, 1.54) is 16.7 Å². The van der Waals surface area contributed by atoms with E-state index in [0.29, 0.717) is 25.1 Å². The van der Waals surface area contributed by atoms with E-state index in [1.807, 2.05) is 20.8 Å². The number of ketones is 2. The highest BCUT2D eigenvalue weighted by molar-refractivity contribution is 8.00. The lowest BCUT2D eigenvalue weighted by Gasteiger charge is -2.17. The molecule has 0 aromatic carbocycles. The average Bonchev–Trinajstić information content (AvgIpc) is 2.72. The fourth-order valence-corrected chi connectivity index (χ4v) is 3.63. The first-order valence-electron chi connectivity index (χ1n) is 8.61. The van der Waals surface area contributed by atoms with E-state index >= 15 is 0 Å². The Hall–Kier alpha value is -1.17. The van der Waals surface area contributed by atoms with E-state index in [2.05, 4.69) is 0 Å². The second kappa shape index (κ2) is 9.35. The summed E-state index contributed by atoms with van der Waals surface area (Å²) in [5.41, 5.74) is -0.359. The van der Waals surface area contributed by atoms with Gasteiger partial charge in [0, 0.05) is 37.0 Å². The van der Waals surface area contributed by atoms with Gasteiger partial charge in [-0.3, -0.25) is 19.3 Å². The Morgan fingerprint density at radius 1 is 1.12 bits per heavy atom.